The normalized spacial score (nSPS) is 10.9. The Morgan fingerprint density at radius 2 is 1.65 bits per heavy atom. The van der Waals surface area contributed by atoms with E-state index in [4.69, 9.17) is 19.7 Å². The lowest BCUT2D eigenvalue weighted by atomic mass is 10.1. The summed E-state index contributed by atoms with van der Waals surface area (Å²) in [6.07, 6.45) is 1.71. The second kappa shape index (κ2) is 9.89. The number of anilines is 4. The second-order valence-corrected chi connectivity index (χ2v) is 8.91. The van der Waals surface area contributed by atoms with Gasteiger partial charge in [-0.05, 0) is 47.9 Å². The fraction of sp³-hybridized carbons (Fsp3) is 0.148. The van der Waals surface area contributed by atoms with Crippen molar-refractivity contribution in [2.24, 2.45) is 0 Å². The molecular weight excluding hydrogens is 442 g/mol. The van der Waals surface area contributed by atoms with Crippen molar-refractivity contribution in [3.8, 4) is 5.75 Å². The molecule has 0 aliphatic heterocycles. The van der Waals surface area contributed by atoms with Gasteiger partial charge in [0.05, 0.1) is 23.0 Å². The molecule has 5 rings (SSSR count). The number of methoxy groups -OCH3 is 1. The van der Waals surface area contributed by atoms with Crippen LogP contribution in [0.15, 0.2) is 78.9 Å². The maximum atomic E-state index is 5.34. The van der Waals surface area contributed by atoms with Crippen LogP contribution in [0.4, 0.5) is 22.6 Å². The lowest BCUT2D eigenvalue weighted by Gasteiger charge is -2.11. The smallest absolute Gasteiger partial charge is 0.229 e. The number of fused-ring (bicyclic) bond motifs is 1. The third-order valence-corrected chi connectivity index (χ3v) is 6.39. The highest BCUT2D eigenvalue weighted by atomic mass is 32.1. The Labute approximate surface area is 202 Å². The average Bonchev–Trinajstić information content (AvgIpc) is 3.26. The molecule has 0 saturated carbocycles. The van der Waals surface area contributed by atoms with Crippen molar-refractivity contribution in [1.29, 1.82) is 0 Å². The van der Waals surface area contributed by atoms with E-state index < -0.39 is 0 Å². The molecule has 0 bridgehead atoms. The topological polar surface area (TPSA) is 72.0 Å². The van der Waals surface area contributed by atoms with Crippen molar-refractivity contribution in [2.75, 3.05) is 17.7 Å². The van der Waals surface area contributed by atoms with Gasteiger partial charge in [0.25, 0.3) is 0 Å². The number of nitrogens with one attached hydrogen (secondary N) is 2. The predicted octanol–water partition coefficient (Wildman–Crippen LogP) is 6.74. The highest BCUT2D eigenvalue weighted by Crippen LogP contribution is 2.31. The molecule has 0 unspecified atom stereocenters. The van der Waals surface area contributed by atoms with Gasteiger partial charge in [0.1, 0.15) is 11.6 Å². The Hall–Kier alpha value is -3.97. The van der Waals surface area contributed by atoms with E-state index in [1.54, 1.807) is 18.4 Å². The summed E-state index contributed by atoms with van der Waals surface area (Å²) in [7, 11) is 1.67. The predicted molar refractivity (Wildman–Crippen MR) is 140 cm³/mol. The van der Waals surface area contributed by atoms with Gasteiger partial charge in [-0.15, -0.1) is 0 Å². The van der Waals surface area contributed by atoms with Crippen molar-refractivity contribution in [2.45, 2.75) is 19.8 Å². The Balaban J connectivity index is 1.45. The summed E-state index contributed by atoms with van der Waals surface area (Å²) in [5.41, 5.74) is 5.27. The monoisotopic (exact) mass is 467 g/mol. The number of aromatic nitrogens is 3. The number of aryl methyl sites for hydroxylation is 1. The third-order valence-electron chi connectivity index (χ3n) is 5.46. The second-order valence-electron chi connectivity index (χ2n) is 7.88. The van der Waals surface area contributed by atoms with Crippen LogP contribution in [-0.4, -0.2) is 22.1 Å². The maximum Gasteiger partial charge on any atom is 0.229 e. The van der Waals surface area contributed by atoms with Crippen LogP contribution in [0.5, 0.6) is 5.75 Å². The number of thiazole rings is 1. The van der Waals surface area contributed by atoms with Crippen LogP contribution >= 0.6 is 11.3 Å². The molecule has 34 heavy (non-hydrogen) atoms. The lowest BCUT2D eigenvalue weighted by Crippen LogP contribution is -2.04. The van der Waals surface area contributed by atoms with Crippen LogP contribution in [0.3, 0.4) is 0 Å². The van der Waals surface area contributed by atoms with Gasteiger partial charge >= 0.3 is 0 Å². The summed E-state index contributed by atoms with van der Waals surface area (Å²) < 4.78 is 6.39. The largest absolute Gasteiger partial charge is 0.497 e. The molecule has 0 aliphatic rings. The first-order chi connectivity index (χ1) is 16.7. The molecule has 0 spiro atoms. The fourth-order valence-corrected chi connectivity index (χ4v) is 4.56. The molecule has 0 saturated heterocycles. The van der Waals surface area contributed by atoms with Crippen molar-refractivity contribution in [3.05, 3.63) is 95.7 Å². The molecule has 2 N–H and O–H groups in total. The number of nitrogens with zero attached hydrogens (tertiary/aromatic N) is 3. The van der Waals surface area contributed by atoms with Gasteiger partial charge in [0.2, 0.25) is 5.95 Å². The number of benzene rings is 3. The minimum Gasteiger partial charge on any atom is -0.497 e. The number of hydrogen-bond acceptors (Lipinski definition) is 7. The molecule has 6 nitrogen and oxygen atoms in total. The maximum absolute atomic E-state index is 5.34. The Bertz CT molecular complexity index is 1400. The molecule has 0 amide bonds. The van der Waals surface area contributed by atoms with E-state index in [0.717, 1.165) is 38.9 Å². The first-order valence-electron chi connectivity index (χ1n) is 11.2. The van der Waals surface area contributed by atoms with Gasteiger partial charge in [-0.25, -0.2) is 9.97 Å². The summed E-state index contributed by atoms with van der Waals surface area (Å²) in [6, 6.07) is 26.5. The Morgan fingerprint density at radius 3 is 2.41 bits per heavy atom. The van der Waals surface area contributed by atoms with Crippen LogP contribution in [0.2, 0.25) is 0 Å². The van der Waals surface area contributed by atoms with Crippen LogP contribution in [-0.2, 0) is 12.8 Å². The van der Waals surface area contributed by atoms with Crippen molar-refractivity contribution in [1.82, 2.24) is 15.0 Å². The van der Waals surface area contributed by atoms with Gasteiger partial charge in [-0.3, -0.25) is 0 Å². The minimum atomic E-state index is 0.544. The molecule has 170 valence electrons. The SMILES string of the molecule is CCc1ccc(Nc2nc(Cc3ccccc3)cc(Nc3nc4ccc(OC)cc4s3)n2)cc1. The van der Waals surface area contributed by atoms with E-state index in [9.17, 15) is 0 Å². The van der Waals surface area contributed by atoms with Gasteiger partial charge < -0.3 is 15.4 Å². The molecule has 0 aliphatic carbocycles. The van der Waals surface area contributed by atoms with Gasteiger partial charge in [0.15, 0.2) is 5.13 Å². The standard InChI is InChI=1S/C27H25N5OS/c1-3-18-9-11-20(12-10-18)28-26-29-21(15-19-7-5-4-6-8-19)16-25(31-26)32-27-30-23-14-13-22(33-2)17-24(23)34-27/h4-14,16-17H,3,15H2,1-2H3,(H2,28,29,30,31,32). The molecule has 7 heteroatoms. The van der Waals surface area contributed by atoms with E-state index in [0.29, 0.717) is 18.2 Å². The zero-order chi connectivity index (χ0) is 23.3. The third kappa shape index (κ3) is 5.15. The quantitative estimate of drug-likeness (QED) is 0.263. The first kappa shape index (κ1) is 21.9. The van der Waals surface area contributed by atoms with E-state index >= 15 is 0 Å². The molecule has 0 atom stereocenters. The zero-order valence-electron chi connectivity index (χ0n) is 19.1. The first-order valence-corrected chi connectivity index (χ1v) is 12.0. The van der Waals surface area contributed by atoms with Gasteiger partial charge in [-0.2, -0.15) is 4.98 Å². The summed E-state index contributed by atoms with van der Waals surface area (Å²) >= 11 is 1.56. The lowest BCUT2D eigenvalue weighted by molar-refractivity contribution is 0.415. The van der Waals surface area contributed by atoms with Crippen molar-refractivity contribution >= 4 is 44.1 Å². The van der Waals surface area contributed by atoms with E-state index in [2.05, 4.69) is 54.0 Å². The molecule has 0 fully saturated rings. The van der Waals surface area contributed by atoms with E-state index in [-0.39, 0.29) is 0 Å². The van der Waals surface area contributed by atoms with Crippen LogP contribution in [0.25, 0.3) is 10.2 Å². The molecule has 2 aromatic heterocycles. The van der Waals surface area contributed by atoms with Crippen molar-refractivity contribution < 1.29 is 4.74 Å². The highest BCUT2D eigenvalue weighted by Gasteiger charge is 2.10. The van der Waals surface area contributed by atoms with Crippen LogP contribution < -0.4 is 15.4 Å². The molecular formula is C27H25N5OS. The van der Waals surface area contributed by atoms with Crippen LogP contribution in [0, 0.1) is 0 Å². The fourth-order valence-electron chi connectivity index (χ4n) is 3.66. The minimum absolute atomic E-state index is 0.544. The van der Waals surface area contributed by atoms with Crippen molar-refractivity contribution in [3.63, 3.8) is 0 Å². The molecule has 5 aromatic rings. The Kier molecular flexibility index (Phi) is 6.35. The van der Waals surface area contributed by atoms with Gasteiger partial charge in [-0.1, -0.05) is 60.7 Å². The average molecular weight is 468 g/mol. The van der Waals surface area contributed by atoms with Crippen LogP contribution in [0.1, 0.15) is 23.7 Å². The molecule has 0 radical (unpaired) electrons. The molecule has 3 aromatic carbocycles. The number of ether oxygens (including phenoxy) is 1. The van der Waals surface area contributed by atoms with Gasteiger partial charge in [0, 0.05) is 18.2 Å². The highest BCUT2D eigenvalue weighted by molar-refractivity contribution is 7.22. The number of rotatable bonds is 8. The Morgan fingerprint density at radius 1 is 0.824 bits per heavy atom. The summed E-state index contributed by atoms with van der Waals surface area (Å²) in [5.74, 6) is 2.05. The van der Waals surface area contributed by atoms with E-state index in [1.165, 1.54) is 11.1 Å². The summed E-state index contributed by atoms with van der Waals surface area (Å²) in [5, 5.41) is 7.50. The molecule has 2 heterocycles. The summed E-state index contributed by atoms with van der Waals surface area (Å²) in [6.45, 7) is 2.15. The zero-order valence-corrected chi connectivity index (χ0v) is 19.9. The summed E-state index contributed by atoms with van der Waals surface area (Å²) in [4.78, 5) is 14.2. The van der Waals surface area contributed by atoms with E-state index in [1.807, 2.05) is 42.5 Å². The number of hydrogen-bond donors (Lipinski definition) is 2.